The average Bonchev–Trinajstić information content (AvgIpc) is 1.94. The Hall–Kier alpha value is 4.67. The van der Waals surface area contributed by atoms with Gasteiger partial charge in [-0.1, -0.05) is 0 Å². The van der Waals surface area contributed by atoms with E-state index < -0.39 is 33.6 Å². The van der Waals surface area contributed by atoms with Crippen LogP contribution in [0.15, 0.2) is 0 Å². The predicted molar refractivity (Wildman–Crippen MR) is 153 cm³/mol. The molecule has 0 amide bonds. The van der Waals surface area contributed by atoms with Crippen molar-refractivity contribution in [3.63, 3.8) is 0 Å². The topological polar surface area (TPSA) is 121 Å². The van der Waals surface area contributed by atoms with Gasteiger partial charge in [-0.05, 0) is 125 Å². The molecule has 0 atom stereocenters. The Morgan fingerprint density at radius 3 is 0.212 bits per heavy atom. The van der Waals surface area contributed by atoms with Gasteiger partial charge in [-0.3, -0.25) is 0 Å². The third-order valence-corrected chi connectivity index (χ3v) is 0. The molecule has 0 aliphatic carbocycles. The molecule has 0 aromatic rings. The van der Waals surface area contributed by atoms with Gasteiger partial charge in [-0.25, -0.2) is 0 Å². The Kier molecular flexibility index (Phi) is 52.7. The van der Waals surface area contributed by atoms with Crippen molar-refractivity contribution in [1.29, 1.82) is 0 Å². The summed E-state index contributed by atoms with van der Waals surface area (Å²) >= 11 is 0. The average molecular weight is 565 g/mol. The van der Waals surface area contributed by atoms with Crippen molar-refractivity contribution in [3.8, 4) is 0 Å². The van der Waals surface area contributed by atoms with Crippen LogP contribution in [0.2, 0.25) is 0 Å². The number of hydrogen-bond donors (Lipinski definition) is 6. The fourth-order valence-electron chi connectivity index (χ4n) is 0. The summed E-state index contributed by atoms with van der Waals surface area (Å²) < 4.78 is 0. The number of aliphatic hydroxyl groups is 6. The second-order valence-electron chi connectivity index (χ2n) is 13.0. The Morgan fingerprint density at radius 2 is 0.212 bits per heavy atom. The van der Waals surface area contributed by atoms with Crippen LogP contribution < -0.4 is 0 Å². The van der Waals surface area contributed by atoms with Gasteiger partial charge >= 0.3 is 154 Å². The molecule has 0 aromatic heterocycles. The van der Waals surface area contributed by atoms with E-state index in [1.807, 2.05) is 0 Å². The van der Waals surface area contributed by atoms with E-state index in [-0.39, 0.29) is 154 Å². The van der Waals surface area contributed by atoms with E-state index in [0.717, 1.165) is 0 Å². The second kappa shape index (κ2) is 28.2. The molecule has 0 aliphatic rings. The molecule has 0 aromatic carbocycles. The van der Waals surface area contributed by atoms with Crippen molar-refractivity contribution in [1.82, 2.24) is 0 Å². The van der Waals surface area contributed by atoms with Gasteiger partial charge < -0.3 is 30.6 Å². The standard InChI is InChI=1S/6C4H10O.3K.3H/c6*1-4(2,3)5;;;;;;/h6*5H,1-3H3;;;;;;. The monoisotopic (exact) mass is 564 g/mol. The summed E-state index contributed by atoms with van der Waals surface area (Å²) in [5.74, 6) is 0. The molecular weight excluding hydrogens is 502 g/mol. The summed E-state index contributed by atoms with van der Waals surface area (Å²) in [6.45, 7) is 31.4. The molecule has 0 fully saturated rings. The Bertz CT molecular complexity index is 222. The molecule has 0 aliphatic heterocycles. The van der Waals surface area contributed by atoms with Gasteiger partial charge in [0.1, 0.15) is 0 Å². The van der Waals surface area contributed by atoms with Crippen LogP contribution in [0, 0.1) is 0 Å². The minimum atomic E-state index is -0.500. The fourth-order valence-corrected chi connectivity index (χ4v) is 0. The van der Waals surface area contributed by atoms with E-state index in [9.17, 15) is 0 Å². The summed E-state index contributed by atoms with van der Waals surface area (Å²) in [7, 11) is 0. The van der Waals surface area contributed by atoms with Crippen LogP contribution in [0.4, 0.5) is 0 Å². The van der Waals surface area contributed by atoms with Crippen LogP contribution in [0.1, 0.15) is 125 Å². The predicted octanol–water partition coefficient (Wildman–Crippen LogP) is 2.72. The van der Waals surface area contributed by atoms with Crippen LogP contribution in [0.25, 0.3) is 0 Å². The van der Waals surface area contributed by atoms with Crippen molar-refractivity contribution < 1.29 is 30.6 Å². The van der Waals surface area contributed by atoms with Crippen molar-refractivity contribution in [3.05, 3.63) is 0 Å². The summed E-state index contributed by atoms with van der Waals surface area (Å²) in [5.41, 5.74) is -3.00. The zero-order valence-electron chi connectivity index (χ0n) is 23.7. The van der Waals surface area contributed by atoms with Crippen LogP contribution in [-0.2, 0) is 0 Å². The molecular formula is C24H63K3O6. The molecule has 0 bridgehead atoms. The molecule has 9 heteroatoms. The van der Waals surface area contributed by atoms with E-state index in [1.165, 1.54) is 0 Å². The SMILES string of the molecule is CC(C)(C)O.CC(C)(C)O.CC(C)(C)O.CC(C)(C)O.CC(C)(C)O.CC(C)(C)O.[KH].[KH].[KH]. The third-order valence-electron chi connectivity index (χ3n) is 0. The van der Waals surface area contributed by atoms with Crippen LogP contribution >= 0.6 is 0 Å². The Labute approximate surface area is 336 Å². The summed E-state index contributed by atoms with van der Waals surface area (Å²) in [5, 5.41) is 51.1. The zero-order chi connectivity index (χ0) is 27.0. The Balaban J connectivity index is -0.0000000294. The van der Waals surface area contributed by atoms with Gasteiger partial charge in [-0.15, -0.1) is 0 Å². The molecule has 0 heterocycles. The molecule has 0 rings (SSSR count). The van der Waals surface area contributed by atoms with E-state index in [4.69, 9.17) is 30.6 Å². The van der Waals surface area contributed by atoms with Crippen LogP contribution in [0.5, 0.6) is 0 Å². The molecule has 0 unspecified atom stereocenters. The zero-order valence-corrected chi connectivity index (χ0v) is 23.7. The van der Waals surface area contributed by atoms with E-state index in [2.05, 4.69) is 0 Å². The van der Waals surface area contributed by atoms with Crippen molar-refractivity contribution >= 4 is 154 Å². The molecule has 0 radical (unpaired) electrons. The number of rotatable bonds is 0. The van der Waals surface area contributed by atoms with Crippen molar-refractivity contribution in [2.24, 2.45) is 0 Å². The first-order chi connectivity index (χ1) is 12.0. The first-order valence-corrected chi connectivity index (χ1v) is 10.3. The van der Waals surface area contributed by atoms with Gasteiger partial charge in [0.2, 0.25) is 0 Å². The molecule has 6 N–H and O–H groups in total. The van der Waals surface area contributed by atoms with Gasteiger partial charge in [0.05, 0.1) is 33.6 Å². The van der Waals surface area contributed by atoms with Gasteiger partial charge in [-0.2, -0.15) is 0 Å². The van der Waals surface area contributed by atoms with Gasteiger partial charge in [0.25, 0.3) is 0 Å². The van der Waals surface area contributed by atoms with Crippen molar-refractivity contribution in [2.75, 3.05) is 0 Å². The Morgan fingerprint density at radius 1 is 0.212 bits per heavy atom. The molecule has 33 heavy (non-hydrogen) atoms. The van der Waals surface area contributed by atoms with E-state index >= 15 is 0 Å². The normalized spacial score (nSPS) is 10.9. The molecule has 0 saturated heterocycles. The molecule has 0 saturated carbocycles. The quantitative estimate of drug-likeness (QED) is 0.252. The van der Waals surface area contributed by atoms with Gasteiger partial charge in [0, 0.05) is 0 Å². The van der Waals surface area contributed by atoms with Crippen LogP contribution in [-0.4, -0.2) is 218 Å². The van der Waals surface area contributed by atoms with Gasteiger partial charge in [0.15, 0.2) is 0 Å². The van der Waals surface area contributed by atoms with Crippen molar-refractivity contribution in [2.45, 2.75) is 158 Å². The summed E-state index contributed by atoms with van der Waals surface area (Å²) in [6, 6.07) is 0. The first kappa shape index (κ1) is 61.6. The molecule has 0 spiro atoms. The first-order valence-electron chi connectivity index (χ1n) is 10.3. The van der Waals surface area contributed by atoms with E-state index in [1.54, 1.807) is 125 Å². The molecule has 198 valence electrons. The maximum absolute atomic E-state index is 8.52. The minimum absolute atomic E-state index is 0. The number of hydrogen-bond acceptors (Lipinski definition) is 6. The maximum atomic E-state index is 8.52. The fraction of sp³-hybridized carbons (Fsp3) is 1.00. The molecule has 6 nitrogen and oxygen atoms in total. The summed E-state index contributed by atoms with van der Waals surface area (Å²) in [6.07, 6.45) is 0. The summed E-state index contributed by atoms with van der Waals surface area (Å²) in [4.78, 5) is 0. The van der Waals surface area contributed by atoms with Crippen LogP contribution in [0.3, 0.4) is 0 Å². The second-order valence-corrected chi connectivity index (χ2v) is 13.0. The van der Waals surface area contributed by atoms with E-state index in [0.29, 0.717) is 0 Å². The third kappa shape index (κ3) is 2020.